The summed E-state index contributed by atoms with van der Waals surface area (Å²) in [6.45, 7) is 3.31. The Kier molecular flexibility index (Phi) is 4.07. The van der Waals surface area contributed by atoms with Crippen molar-refractivity contribution in [2.75, 3.05) is 0 Å². The zero-order valence-corrected chi connectivity index (χ0v) is 11.9. The number of ether oxygens (including phenoxy) is 1. The van der Waals surface area contributed by atoms with Crippen LogP contribution in [0.3, 0.4) is 0 Å². The molecule has 104 valence electrons. The summed E-state index contributed by atoms with van der Waals surface area (Å²) >= 11 is 0. The van der Waals surface area contributed by atoms with E-state index in [1.165, 1.54) is 44.1 Å². The van der Waals surface area contributed by atoms with E-state index in [9.17, 15) is 0 Å². The van der Waals surface area contributed by atoms with E-state index in [0.29, 0.717) is 12.0 Å². The summed E-state index contributed by atoms with van der Waals surface area (Å²) in [6.07, 6.45) is 8.33. The molecule has 2 unspecified atom stereocenters. The highest BCUT2D eigenvalue weighted by Gasteiger charge is 2.23. The lowest BCUT2D eigenvalue weighted by atomic mass is 9.88. The zero-order valence-electron chi connectivity index (χ0n) is 11.9. The SMILES string of the molecule is CC1CCCCC1Oc1ccc(CNC2CC2)cc1. The first-order valence-corrected chi connectivity index (χ1v) is 7.80. The molecule has 0 bridgehead atoms. The highest BCUT2D eigenvalue weighted by atomic mass is 16.5. The molecule has 2 atom stereocenters. The highest BCUT2D eigenvalue weighted by Crippen LogP contribution is 2.28. The summed E-state index contributed by atoms with van der Waals surface area (Å²) < 4.78 is 6.14. The van der Waals surface area contributed by atoms with E-state index in [1.807, 2.05) is 0 Å². The van der Waals surface area contributed by atoms with Crippen LogP contribution in [-0.2, 0) is 6.54 Å². The molecule has 2 fully saturated rings. The molecule has 0 radical (unpaired) electrons. The van der Waals surface area contributed by atoms with Gasteiger partial charge in [0.05, 0.1) is 0 Å². The van der Waals surface area contributed by atoms with Crippen molar-refractivity contribution in [3.05, 3.63) is 29.8 Å². The van der Waals surface area contributed by atoms with E-state index in [1.54, 1.807) is 0 Å². The average Bonchev–Trinajstić information content (AvgIpc) is 3.25. The minimum atomic E-state index is 0.421. The van der Waals surface area contributed by atoms with Crippen LogP contribution in [0.4, 0.5) is 0 Å². The van der Waals surface area contributed by atoms with Gasteiger partial charge in [-0.2, -0.15) is 0 Å². The van der Waals surface area contributed by atoms with Crippen LogP contribution in [0.5, 0.6) is 5.75 Å². The molecule has 0 heterocycles. The molecule has 3 rings (SSSR count). The van der Waals surface area contributed by atoms with Crippen LogP contribution in [0, 0.1) is 5.92 Å². The highest BCUT2D eigenvalue weighted by molar-refractivity contribution is 5.27. The average molecular weight is 259 g/mol. The fourth-order valence-electron chi connectivity index (χ4n) is 2.87. The van der Waals surface area contributed by atoms with Gasteiger partial charge in [-0.3, -0.25) is 0 Å². The maximum absolute atomic E-state index is 6.14. The summed E-state index contributed by atoms with van der Waals surface area (Å²) in [7, 11) is 0. The van der Waals surface area contributed by atoms with Gasteiger partial charge >= 0.3 is 0 Å². The van der Waals surface area contributed by atoms with Crippen molar-refractivity contribution < 1.29 is 4.74 Å². The number of hydrogen-bond acceptors (Lipinski definition) is 2. The van der Waals surface area contributed by atoms with Crippen LogP contribution in [0.25, 0.3) is 0 Å². The van der Waals surface area contributed by atoms with Crippen molar-refractivity contribution >= 4 is 0 Å². The van der Waals surface area contributed by atoms with E-state index >= 15 is 0 Å². The Balaban J connectivity index is 1.52. The Morgan fingerprint density at radius 2 is 1.79 bits per heavy atom. The van der Waals surface area contributed by atoms with Crippen molar-refractivity contribution in [3.63, 3.8) is 0 Å². The molecule has 0 saturated heterocycles. The van der Waals surface area contributed by atoms with Gasteiger partial charge in [0.15, 0.2) is 0 Å². The summed E-state index contributed by atoms with van der Waals surface area (Å²) in [5.74, 6) is 1.74. The topological polar surface area (TPSA) is 21.3 Å². The van der Waals surface area contributed by atoms with Gasteiger partial charge in [-0.25, -0.2) is 0 Å². The molecule has 0 amide bonds. The van der Waals surface area contributed by atoms with Gasteiger partial charge in [0.1, 0.15) is 11.9 Å². The van der Waals surface area contributed by atoms with Gasteiger partial charge in [0.25, 0.3) is 0 Å². The van der Waals surface area contributed by atoms with Crippen molar-refractivity contribution in [2.45, 2.75) is 64.1 Å². The van der Waals surface area contributed by atoms with E-state index in [0.717, 1.165) is 18.3 Å². The molecule has 2 nitrogen and oxygen atoms in total. The summed E-state index contributed by atoms with van der Waals surface area (Å²) in [5, 5.41) is 3.54. The molecule has 1 aromatic carbocycles. The van der Waals surface area contributed by atoms with E-state index in [2.05, 4.69) is 36.5 Å². The van der Waals surface area contributed by atoms with Crippen LogP contribution >= 0.6 is 0 Å². The van der Waals surface area contributed by atoms with E-state index < -0.39 is 0 Å². The molecule has 0 aliphatic heterocycles. The van der Waals surface area contributed by atoms with Gasteiger partial charge in [-0.05, 0) is 55.7 Å². The van der Waals surface area contributed by atoms with Crippen molar-refractivity contribution in [2.24, 2.45) is 5.92 Å². The summed E-state index contributed by atoms with van der Waals surface area (Å²) in [6, 6.07) is 9.42. The maximum atomic E-state index is 6.14. The van der Waals surface area contributed by atoms with E-state index in [-0.39, 0.29) is 0 Å². The lowest BCUT2D eigenvalue weighted by molar-refractivity contribution is 0.102. The van der Waals surface area contributed by atoms with Crippen LogP contribution in [0.2, 0.25) is 0 Å². The third kappa shape index (κ3) is 3.73. The standard InChI is InChI=1S/C17H25NO/c1-13-4-2-3-5-17(13)19-16-10-6-14(7-11-16)12-18-15-8-9-15/h6-7,10-11,13,15,17-18H,2-5,8-9,12H2,1H3. The Morgan fingerprint density at radius 1 is 1.05 bits per heavy atom. The first kappa shape index (κ1) is 13.0. The zero-order chi connectivity index (χ0) is 13.1. The maximum Gasteiger partial charge on any atom is 0.119 e. The van der Waals surface area contributed by atoms with Gasteiger partial charge in [-0.1, -0.05) is 25.5 Å². The van der Waals surface area contributed by atoms with Gasteiger partial charge in [-0.15, -0.1) is 0 Å². The normalized spacial score (nSPS) is 27.2. The number of rotatable bonds is 5. The van der Waals surface area contributed by atoms with Gasteiger partial charge in [0.2, 0.25) is 0 Å². The molecule has 2 aliphatic rings. The first-order valence-electron chi connectivity index (χ1n) is 7.80. The van der Waals surface area contributed by atoms with Crippen LogP contribution in [0.15, 0.2) is 24.3 Å². The fraction of sp³-hybridized carbons (Fsp3) is 0.647. The third-order valence-electron chi connectivity index (χ3n) is 4.42. The molecular weight excluding hydrogens is 234 g/mol. The second kappa shape index (κ2) is 5.96. The number of hydrogen-bond donors (Lipinski definition) is 1. The fourth-order valence-corrected chi connectivity index (χ4v) is 2.87. The molecule has 0 aromatic heterocycles. The van der Waals surface area contributed by atoms with Crippen LogP contribution < -0.4 is 10.1 Å². The lowest BCUT2D eigenvalue weighted by Gasteiger charge is -2.29. The second-order valence-corrected chi connectivity index (χ2v) is 6.22. The quantitative estimate of drug-likeness (QED) is 0.866. The number of benzene rings is 1. The van der Waals surface area contributed by atoms with Crippen molar-refractivity contribution in [3.8, 4) is 5.75 Å². The molecule has 0 spiro atoms. The molecule has 2 aliphatic carbocycles. The predicted molar refractivity (Wildman–Crippen MR) is 78.4 cm³/mol. The molecular formula is C17H25NO. The molecule has 1 N–H and O–H groups in total. The monoisotopic (exact) mass is 259 g/mol. The largest absolute Gasteiger partial charge is 0.490 e. The summed E-state index contributed by atoms with van der Waals surface area (Å²) in [5.41, 5.74) is 1.36. The molecule has 2 heteroatoms. The smallest absolute Gasteiger partial charge is 0.119 e. The number of nitrogens with one attached hydrogen (secondary N) is 1. The Hall–Kier alpha value is -1.02. The lowest BCUT2D eigenvalue weighted by Crippen LogP contribution is -2.28. The molecule has 2 saturated carbocycles. The molecule has 1 aromatic rings. The van der Waals surface area contributed by atoms with Crippen LogP contribution in [-0.4, -0.2) is 12.1 Å². The Labute approximate surface area is 116 Å². The molecule has 19 heavy (non-hydrogen) atoms. The first-order chi connectivity index (χ1) is 9.31. The van der Waals surface area contributed by atoms with Gasteiger partial charge in [0, 0.05) is 12.6 Å². The van der Waals surface area contributed by atoms with Crippen molar-refractivity contribution in [1.29, 1.82) is 0 Å². The second-order valence-electron chi connectivity index (χ2n) is 6.22. The predicted octanol–water partition coefficient (Wildman–Crippen LogP) is 3.90. The Bertz CT molecular complexity index is 396. The Morgan fingerprint density at radius 3 is 2.47 bits per heavy atom. The van der Waals surface area contributed by atoms with Crippen molar-refractivity contribution in [1.82, 2.24) is 5.32 Å². The van der Waals surface area contributed by atoms with Gasteiger partial charge < -0.3 is 10.1 Å². The minimum absolute atomic E-state index is 0.421. The third-order valence-corrected chi connectivity index (χ3v) is 4.42. The van der Waals surface area contributed by atoms with Crippen LogP contribution in [0.1, 0.15) is 51.0 Å². The summed E-state index contributed by atoms with van der Waals surface area (Å²) in [4.78, 5) is 0. The van der Waals surface area contributed by atoms with E-state index in [4.69, 9.17) is 4.74 Å². The minimum Gasteiger partial charge on any atom is -0.490 e.